The number of halogens is 3. The molecule has 1 aromatic heterocycles. The summed E-state index contributed by atoms with van der Waals surface area (Å²) in [6, 6.07) is 9.23. The van der Waals surface area contributed by atoms with Gasteiger partial charge in [-0.1, -0.05) is 12.1 Å². The van der Waals surface area contributed by atoms with E-state index in [1.165, 1.54) is 7.11 Å². The summed E-state index contributed by atoms with van der Waals surface area (Å²) in [5.74, 6) is -0.191. The first-order valence-corrected chi connectivity index (χ1v) is 8.39. The number of rotatable bonds is 4. The predicted molar refractivity (Wildman–Crippen MR) is 96.7 cm³/mol. The third-order valence-corrected chi connectivity index (χ3v) is 4.52. The Hall–Kier alpha value is -2.77. The summed E-state index contributed by atoms with van der Waals surface area (Å²) in [6.45, 7) is 1.05. The van der Waals surface area contributed by atoms with Gasteiger partial charge in [-0.15, -0.1) is 0 Å². The normalized spacial score (nSPS) is 14.7. The molecule has 2 aromatic rings. The quantitative estimate of drug-likeness (QED) is 0.762. The van der Waals surface area contributed by atoms with E-state index in [9.17, 15) is 18.0 Å². The SMILES string of the molecule is COC(=O)C1CN(c2cccc(-c3cc(C(F)(F)F)cc(N(C)C)n3)c2)C1. The van der Waals surface area contributed by atoms with Gasteiger partial charge in [0.1, 0.15) is 5.82 Å². The molecule has 0 N–H and O–H groups in total. The molecule has 2 heterocycles. The monoisotopic (exact) mass is 379 g/mol. The van der Waals surface area contributed by atoms with Gasteiger partial charge in [-0.25, -0.2) is 4.98 Å². The lowest BCUT2D eigenvalue weighted by Gasteiger charge is -2.39. The molecule has 1 fully saturated rings. The zero-order chi connectivity index (χ0) is 19.8. The van der Waals surface area contributed by atoms with Crippen LogP contribution in [0.1, 0.15) is 5.56 Å². The van der Waals surface area contributed by atoms with Gasteiger partial charge in [0.2, 0.25) is 0 Å². The molecule has 0 radical (unpaired) electrons. The van der Waals surface area contributed by atoms with Crippen LogP contribution in [0.4, 0.5) is 24.7 Å². The van der Waals surface area contributed by atoms with Gasteiger partial charge in [0.15, 0.2) is 0 Å². The van der Waals surface area contributed by atoms with Gasteiger partial charge in [0, 0.05) is 38.4 Å². The number of nitrogens with zero attached hydrogens (tertiary/aromatic N) is 3. The second kappa shape index (κ2) is 7.09. The molecule has 0 saturated carbocycles. The van der Waals surface area contributed by atoms with E-state index in [-0.39, 0.29) is 23.4 Å². The van der Waals surface area contributed by atoms with Gasteiger partial charge in [-0.05, 0) is 24.3 Å². The lowest BCUT2D eigenvalue weighted by molar-refractivity contribution is -0.146. The Bertz CT molecular complexity index is 846. The van der Waals surface area contributed by atoms with Crippen molar-refractivity contribution in [2.75, 3.05) is 44.1 Å². The fourth-order valence-corrected chi connectivity index (χ4v) is 2.92. The van der Waals surface area contributed by atoms with Gasteiger partial charge in [-0.3, -0.25) is 4.79 Å². The Morgan fingerprint density at radius 1 is 1.22 bits per heavy atom. The van der Waals surface area contributed by atoms with Crippen molar-refractivity contribution in [2.24, 2.45) is 5.92 Å². The molecule has 1 aromatic carbocycles. The molecule has 0 aliphatic carbocycles. The molecule has 0 atom stereocenters. The summed E-state index contributed by atoms with van der Waals surface area (Å²) in [6.07, 6.45) is -4.45. The maximum absolute atomic E-state index is 13.3. The van der Waals surface area contributed by atoms with Crippen molar-refractivity contribution in [3.63, 3.8) is 0 Å². The van der Waals surface area contributed by atoms with E-state index in [1.54, 1.807) is 37.2 Å². The van der Waals surface area contributed by atoms with Crippen LogP contribution in [0.15, 0.2) is 36.4 Å². The minimum absolute atomic E-state index is 0.175. The molecular weight excluding hydrogens is 359 g/mol. The molecule has 1 aliphatic heterocycles. The topological polar surface area (TPSA) is 45.7 Å². The first-order valence-electron chi connectivity index (χ1n) is 8.39. The third-order valence-electron chi connectivity index (χ3n) is 4.52. The zero-order valence-electron chi connectivity index (χ0n) is 15.2. The zero-order valence-corrected chi connectivity index (χ0v) is 15.2. The van der Waals surface area contributed by atoms with Gasteiger partial charge < -0.3 is 14.5 Å². The molecule has 1 saturated heterocycles. The van der Waals surface area contributed by atoms with Crippen LogP contribution < -0.4 is 9.80 Å². The van der Waals surface area contributed by atoms with Crippen LogP contribution in [-0.2, 0) is 15.7 Å². The van der Waals surface area contributed by atoms with Crippen molar-refractivity contribution in [1.82, 2.24) is 4.98 Å². The fourth-order valence-electron chi connectivity index (χ4n) is 2.92. The number of anilines is 2. The second-order valence-corrected chi connectivity index (χ2v) is 6.67. The summed E-state index contributed by atoms with van der Waals surface area (Å²) in [5, 5.41) is 0. The lowest BCUT2D eigenvalue weighted by atomic mass is 9.98. The minimum atomic E-state index is -4.45. The molecule has 0 bridgehead atoms. The number of carbonyl (C=O) groups is 1. The van der Waals surface area contributed by atoms with Crippen molar-refractivity contribution < 1.29 is 22.7 Å². The van der Waals surface area contributed by atoms with Crippen LogP contribution in [0.5, 0.6) is 0 Å². The van der Waals surface area contributed by atoms with Crippen LogP contribution in [-0.4, -0.2) is 45.2 Å². The Labute approximate surface area is 155 Å². The number of pyridine rings is 1. The number of carbonyl (C=O) groups excluding carboxylic acids is 1. The molecular formula is C19H20F3N3O2. The molecule has 8 heteroatoms. The van der Waals surface area contributed by atoms with E-state index in [2.05, 4.69) is 4.98 Å². The molecule has 0 unspecified atom stereocenters. The van der Waals surface area contributed by atoms with E-state index in [0.29, 0.717) is 18.7 Å². The molecule has 5 nitrogen and oxygen atoms in total. The van der Waals surface area contributed by atoms with E-state index in [0.717, 1.165) is 17.8 Å². The number of benzene rings is 1. The smallest absolute Gasteiger partial charge is 0.416 e. The van der Waals surface area contributed by atoms with Crippen LogP contribution in [0.25, 0.3) is 11.3 Å². The number of esters is 1. The summed E-state index contributed by atoms with van der Waals surface area (Å²) < 4.78 is 44.5. The molecule has 27 heavy (non-hydrogen) atoms. The second-order valence-electron chi connectivity index (χ2n) is 6.67. The average Bonchev–Trinajstić information content (AvgIpc) is 2.59. The highest BCUT2D eigenvalue weighted by Gasteiger charge is 2.34. The van der Waals surface area contributed by atoms with E-state index in [4.69, 9.17) is 4.74 Å². The van der Waals surface area contributed by atoms with Gasteiger partial charge >= 0.3 is 12.1 Å². The highest BCUT2D eigenvalue weighted by molar-refractivity contribution is 5.77. The number of hydrogen-bond acceptors (Lipinski definition) is 5. The molecule has 1 aliphatic rings. The van der Waals surface area contributed by atoms with Crippen molar-refractivity contribution >= 4 is 17.5 Å². The van der Waals surface area contributed by atoms with E-state index < -0.39 is 11.7 Å². The van der Waals surface area contributed by atoms with Gasteiger partial charge in [0.25, 0.3) is 0 Å². The van der Waals surface area contributed by atoms with E-state index in [1.807, 2.05) is 11.0 Å². The maximum Gasteiger partial charge on any atom is 0.416 e. The van der Waals surface area contributed by atoms with Crippen molar-refractivity contribution in [2.45, 2.75) is 6.18 Å². The maximum atomic E-state index is 13.3. The summed E-state index contributed by atoms with van der Waals surface area (Å²) in [5.41, 5.74) is 0.929. The standard InChI is InChI=1S/C19H20F3N3O2/c1-24(2)17-9-14(19(20,21)22)8-16(23-17)12-5-4-6-15(7-12)25-10-13(11-25)18(26)27-3/h4-9,13H,10-11H2,1-3H3. The number of aromatic nitrogens is 1. The summed E-state index contributed by atoms with van der Waals surface area (Å²) in [4.78, 5) is 19.4. The number of alkyl halides is 3. The Kier molecular flexibility index (Phi) is 4.99. The molecule has 0 spiro atoms. The lowest BCUT2D eigenvalue weighted by Crippen LogP contribution is -2.50. The first-order chi connectivity index (χ1) is 12.7. The van der Waals surface area contributed by atoms with Gasteiger partial charge in [0.05, 0.1) is 24.3 Å². The number of methoxy groups -OCH3 is 1. The Morgan fingerprint density at radius 3 is 2.52 bits per heavy atom. The van der Waals surface area contributed by atoms with Crippen molar-refractivity contribution in [3.8, 4) is 11.3 Å². The first kappa shape index (κ1) is 19.0. The van der Waals surface area contributed by atoms with Crippen LogP contribution in [0.3, 0.4) is 0 Å². The van der Waals surface area contributed by atoms with Crippen molar-refractivity contribution in [1.29, 1.82) is 0 Å². The summed E-state index contributed by atoms with van der Waals surface area (Å²) >= 11 is 0. The summed E-state index contributed by atoms with van der Waals surface area (Å²) in [7, 11) is 4.65. The van der Waals surface area contributed by atoms with Gasteiger partial charge in [-0.2, -0.15) is 13.2 Å². The molecule has 144 valence electrons. The number of hydrogen-bond donors (Lipinski definition) is 0. The van der Waals surface area contributed by atoms with Crippen molar-refractivity contribution in [3.05, 3.63) is 42.0 Å². The highest BCUT2D eigenvalue weighted by Crippen LogP contribution is 2.35. The third kappa shape index (κ3) is 3.99. The fraction of sp³-hybridized carbons (Fsp3) is 0.368. The van der Waals surface area contributed by atoms with Crippen LogP contribution in [0, 0.1) is 5.92 Å². The van der Waals surface area contributed by atoms with Crippen LogP contribution >= 0.6 is 0 Å². The minimum Gasteiger partial charge on any atom is -0.469 e. The van der Waals surface area contributed by atoms with Crippen LogP contribution in [0.2, 0.25) is 0 Å². The Morgan fingerprint density at radius 2 is 1.93 bits per heavy atom. The molecule has 0 amide bonds. The average molecular weight is 379 g/mol. The predicted octanol–water partition coefficient (Wildman–Crippen LogP) is 3.44. The number of ether oxygens (including phenoxy) is 1. The highest BCUT2D eigenvalue weighted by atomic mass is 19.4. The largest absolute Gasteiger partial charge is 0.469 e. The Balaban J connectivity index is 1.91. The molecule has 3 rings (SSSR count). The van der Waals surface area contributed by atoms with E-state index >= 15 is 0 Å².